The van der Waals surface area contributed by atoms with Gasteiger partial charge < -0.3 is 10.1 Å². The summed E-state index contributed by atoms with van der Waals surface area (Å²) in [5.41, 5.74) is 2.62. The van der Waals surface area contributed by atoms with Crippen molar-refractivity contribution < 1.29 is 4.74 Å². The number of benzene rings is 1. The Labute approximate surface area is 120 Å². The topological polar surface area (TPSA) is 34.1 Å². The Bertz CT molecular complexity index is 538. The van der Waals surface area contributed by atoms with Gasteiger partial charge in [-0.1, -0.05) is 24.3 Å². The molecule has 1 aliphatic rings. The van der Waals surface area contributed by atoms with Gasteiger partial charge in [0.25, 0.3) is 0 Å². The molecule has 1 aromatic heterocycles. The van der Waals surface area contributed by atoms with Crippen LogP contribution in [0.5, 0.6) is 5.75 Å². The van der Waals surface area contributed by atoms with E-state index in [-0.39, 0.29) is 0 Å². The first-order valence-electron chi connectivity index (χ1n) is 7.25. The van der Waals surface area contributed by atoms with Crippen molar-refractivity contribution in [1.82, 2.24) is 10.3 Å². The number of nitrogens with one attached hydrogen (secondary N) is 1. The normalized spacial score (nSPS) is 14.2. The van der Waals surface area contributed by atoms with E-state index in [9.17, 15) is 0 Å². The Hall–Kier alpha value is -1.87. The zero-order valence-electron chi connectivity index (χ0n) is 11.6. The molecule has 0 amide bonds. The minimum Gasteiger partial charge on any atom is -0.487 e. The van der Waals surface area contributed by atoms with Crippen LogP contribution < -0.4 is 10.1 Å². The lowest BCUT2D eigenvalue weighted by molar-refractivity contribution is 0.303. The van der Waals surface area contributed by atoms with Crippen LogP contribution in [0.15, 0.2) is 48.8 Å². The average molecular weight is 268 g/mol. The first-order chi connectivity index (χ1) is 9.92. The van der Waals surface area contributed by atoms with Crippen LogP contribution in [0.25, 0.3) is 0 Å². The molecule has 0 unspecified atom stereocenters. The molecular formula is C17H20N2O. The van der Waals surface area contributed by atoms with Crippen LogP contribution >= 0.6 is 0 Å². The summed E-state index contributed by atoms with van der Waals surface area (Å²) in [4.78, 5) is 4.06. The van der Waals surface area contributed by atoms with Gasteiger partial charge in [-0.15, -0.1) is 0 Å². The molecule has 0 bridgehead atoms. The number of pyridine rings is 1. The highest BCUT2D eigenvalue weighted by molar-refractivity contribution is 5.28. The average Bonchev–Trinajstić information content (AvgIpc) is 3.32. The zero-order chi connectivity index (χ0) is 13.6. The van der Waals surface area contributed by atoms with Crippen molar-refractivity contribution in [2.75, 3.05) is 6.54 Å². The van der Waals surface area contributed by atoms with Gasteiger partial charge in [-0.3, -0.25) is 4.98 Å². The predicted molar refractivity (Wildman–Crippen MR) is 79.7 cm³/mol. The Morgan fingerprint density at radius 1 is 1.10 bits per heavy atom. The Balaban J connectivity index is 1.57. The van der Waals surface area contributed by atoms with Crippen LogP contribution in [0.4, 0.5) is 0 Å². The summed E-state index contributed by atoms with van der Waals surface area (Å²) in [7, 11) is 0. The fourth-order valence-electron chi connectivity index (χ4n) is 2.23. The third-order valence-corrected chi connectivity index (χ3v) is 3.55. The van der Waals surface area contributed by atoms with Gasteiger partial charge in [0, 0.05) is 12.2 Å². The van der Waals surface area contributed by atoms with Crippen LogP contribution in [0.2, 0.25) is 0 Å². The maximum atomic E-state index is 5.79. The van der Waals surface area contributed by atoms with Crippen LogP contribution in [-0.4, -0.2) is 17.6 Å². The van der Waals surface area contributed by atoms with E-state index in [1.807, 2.05) is 12.1 Å². The van der Waals surface area contributed by atoms with Gasteiger partial charge in [-0.05, 0) is 49.1 Å². The Morgan fingerprint density at radius 3 is 2.70 bits per heavy atom. The largest absolute Gasteiger partial charge is 0.487 e. The highest BCUT2D eigenvalue weighted by Gasteiger charge is 2.19. The highest BCUT2D eigenvalue weighted by atomic mass is 16.5. The van der Waals surface area contributed by atoms with Gasteiger partial charge in [0.15, 0.2) is 0 Å². The predicted octanol–water partition coefficient (Wildman–Crippen LogP) is 2.96. The summed E-state index contributed by atoms with van der Waals surface area (Å²) in [5, 5.41) is 3.56. The molecule has 3 rings (SSSR count). The first-order valence-corrected chi connectivity index (χ1v) is 7.25. The van der Waals surface area contributed by atoms with Crippen molar-refractivity contribution in [3.8, 4) is 5.75 Å². The Kier molecular flexibility index (Phi) is 4.28. The number of aromatic nitrogens is 1. The monoisotopic (exact) mass is 268 g/mol. The summed E-state index contributed by atoms with van der Waals surface area (Å²) in [6.07, 6.45) is 7.24. The number of rotatable bonds is 7. The molecule has 0 aliphatic heterocycles. The third kappa shape index (κ3) is 3.81. The van der Waals surface area contributed by atoms with Crippen molar-refractivity contribution in [3.63, 3.8) is 0 Å². The van der Waals surface area contributed by atoms with E-state index in [1.54, 1.807) is 12.4 Å². The van der Waals surface area contributed by atoms with Crippen LogP contribution in [0, 0.1) is 0 Å². The number of hydrogen-bond donors (Lipinski definition) is 1. The van der Waals surface area contributed by atoms with Gasteiger partial charge in [0.05, 0.1) is 6.20 Å². The van der Waals surface area contributed by atoms with Crippen molar-refractivity contribution in [1.29, 1.82) is 0 Å². The second-order valence-corrected chi connectivity index (χ2v) is 5.22. The molecule has 2 aromatic rings. The van der Waals surface area contributed by atoms with Crippen LogP contribution in [-0.2, 0) is 13.0 Å². The second kappa shape index (κ2) is 6.53. The number of nitrogens with zero attached hydrogens (tertiary/aromatic N) is 1. The van der Waals surface area contributed by atoms with Crippen molar-refractivity contribution in [2.24, 2.45) is 0 Å². The van der Waals surface area contributed by atoms with E-state index < -0.39 is 0 Å². The minimum atomic E-state index is 0.602. The standard InChI is InChI=1S/C17H20N2O/c1-2-5-15(13-20-17-6-3-10-18-12-17)14(4-1)9-11-19-16-7-8-16/h1-6,10,12,16,19H,7-9,11,13H2. The van der Waals surface area contributed by atoms with Gasteiger partial charge in [-0.25, -0.2) is 0 Å². The molecule has 0 radical (unpaired) electrons. The van der Waals surface area contributed by atoms with Gasteiger partial charge in [0.2, 0.25) is 0 Å². The van der Waals surface area contributed by atoms with Crippen molar-refractivity contribution in [3.05, 3.63) is 59.9 Å². The summed E-state index contributed by atoms with van der Waals surface area (Å²) in [5.74, 6) is 0.818. The lowest BCUT2D eigenvalue weighted by Gasteiger charge is -2.11. The van der Waals surface area contributed by atoms with Gasteiger partial charge >= 0.3 is 0 Å². The molecule has 0 atom stereocenters. The summed E-state index contributed by atoms with van der Waals surface area (Å²) in [6, 6.07) is 13.1. The van der Waals surface area contributed by atoms with E-state index >= 15 is 0 Å². The molecule has 3 heteroatoms. The molecule has 0 saturated heterocycles. The fourth-order valence-corrected chi connectivity index (χ4v) is 2.23. The van der Waals surface area contributed by atoms with Crippen LogP contribution in [0.1, 0.15) is 24.0 Å². The maximum Gasteiger partial charge on any atom is 0.138 e. The maximum absolute atomic E-state index is 5.79. The quantitative estimate of drug-likeness (QED) is 0.838. The summed E-state index contributed by atoms with van der Waals surface area (Å²) < 4.78 is 5.79. The summed E-state index contributed by atoms with van der Waals surface area (Å²) >= 11 is 0. The molecule has 104 valence electrons. The fraction of sp³-hybridized carbons (Fsp3) is 0.353. The van der Waals surface area contributed by atoms with E-state index in [2.05, 4.69) is 34.6 Å². The molecule has 1 fully saturated rings. The molecule has 3 nitrogen and oxygen atoms in total. The third-order valence-electron chi connectivity index (χ3n) is 3.55. The van der Waals surface area contributed by atoms with Crippen molar-refractivity contribution in [2.45, 2.75) is 31.9 Å². The lowest BCUT2D eigenvalue weighted by Crippen LogP contribution is -2.19. The van der Waals surface area contributed by atoms with E-state index in [4.69, 9.17) is 4.74 Å². The molecule has 1 heterocycles. The summed E-state index contributed by atoms with van der Waals surface area (Å²) in [6.45, 7) is 1.65. The molecule has 0 spiro atoms. The smallest absolute Gasteiger partial charge is 0.138 e. The van der Waals surface area contributed by atoms with Gasteiger partial charge in [0.1, 0.15) is 12.4 Å². The molecule has 1 aliphatic carbocycles. The Morgan fingerprint density at radius 2 is 1.95 bits per heavy atom. The number of hydrogen-bond acceptors (Lipinski definition) is 3. The van der Waals surface area contributed by atoms with Crippen LogP contribution in [0.3, 0.4) is 0 Å². The lowest BCUT2D eigenvalue weighted by atomic mass is 10.1. The van der Waals surface area contributed by atoms with E-state index in [1.165, 1.54) is 24.0 Å². The zero-order valence-corrected chi connectivity index (χ0v) is 11.6. The molecule has 20 heavy (non-hydrogen) atoms. The molecular weight excluding hydrogens is 248 g/mol. The first kappa shape index (κ1) is 13.1. The van der Waals surface area contributed by atoms with E-state index in [0.717, 1.165) is 24.8 Å². The second-order valence-electron chi connectivity index (χ2n) is 5.22. The van der Waals surface area contributed by atoms with Gasteiger partial charge in [-0.2, -0.15) is 0 Å². The number of ether oxygens (including phenoxy) is 1. The minimum absolute atomic E-state index is 0.602. The van der Waals surface area contributed by atoms with E-state index in [0.29, 0.717) is 6.61 Å². The molecule has 1 aromatic carbocycles. The molecule has 1 N–H and O–H groups in total. The highest BCUT2D eigenvalue weighted by Crippen LogP contribution is 2.19. The van der Waals surface area contributed by atoms with Crippen molar-refractivity contribution >= 4 is 0 Å². The SMILES string of the molecule is c1cncc(OCc2ccccc2CCNC2CC2)c1. The molecule has 1 saturated carbocycles.